The first kappa shape index (κ1) is 29.0. The lowest BCUT2D eigenvalue weighted by molar-refractivity contribution is -0.132. The highest BCUT2D eigenvalue weighted by Gasteiger charge is 2.56. The van der Waals surface area contributed by atoms with E-state index in [0.29, 0.717) is 47.0 Å². The van der Waals surface area contributed by atoms with E-state index in [4.69, 9.17) is 24.7 Å². The van der Waals surface area contributed by atoms with Gasteiger partial charge in [0.1, 0.15) is 11.8 Å². The van der Waals surface area contributed by atoms with Gasteiger partial charge in [0.15, 0.2) is 23.0 Å². The number of amides is 1. The number of aromatic hydroxyl groups is 1. The molecule has 4 heterocycles. The summed E-state index contributed by atoms with van der Waals surface area (Å²) in [7, 11) is 3.51. The summed E-state index contributed by atoms with van der Waals surface area (Å²) in [6, 6.07) is 1.83. The molecule has 4 N–H and O–H groups in total. The largest absolute Gasteiger partial charge is 0.504 e. The molecule has 0 spiro atoms. The number of likely N-dealkylation sites (N-methyl/N-ethyl adjacent to an activating group) is 1. The number of aryl methyl sites for hydroxylation is 1. The number of rotatable bonds is 5. The Kier molecular flexibility index (Phi) is 7.15. The first-order valence-corrected chi connectivity index (χ1v) is 14.4. The van der Waals surface area contributed by atoms with Gasteiger partial charge in [0.25, 0.3) is 0 Å². The van der Waals surface area contributed by atoms with Gasteiger partial charge in [-0.1, -0.05) is 6.07 Å². The smallest absolute Gasteiger partial charge is 0.308 e. The maximum atomic E-state index is 12.8. The summed E-state index contributed by atoms with van der Waals surface area (Å²) in [6.07, 6.45) is 0.917. The van der Waals surface area contributed by atoms with Crippen LogP contribution in [0.3, 0.4) is 0 Å². The van der Waals surface area contributed by atoms with Crippen molar-refractivity contribution < 1.29 is 33.6 Å². The summed E-state index contributed by atoms with van der Waals surface area (Å²) in [5, 5.41) is 25.3. The summed E-state index contributed by atoms with van der Waals surface area (Å²) < 4.78 is 23.3. The molecular weight excluding hydrogens is 554 g/mol. The van der Waals surface area contributed by atoms with E-state index in [-0.39, 0.29) is 43.1 Å². The summed E-state index contributed by atoms with van der Waals surface area (Å²) in [5.74, 6) is 1.05. The minimum atomic E-state index is -0.739. The molecule has 1 fully saturated rings. The fraction of sp³-hybridized carbons (Fsp3) is 0.516. The predicted molar refractivity (Wildman–Crippen MR) is 154 cm³/mol. The molecule has 2 bridgehead atoms. The van der Waals surface area contributed by atoms with Crippen LogP contribution >= 0.6 is 0 Å². The molecule has 1 amide bonds. The first-order chi connectivity index (χ1) is 20.5. The van der Waals surface area contributed by atoms with Crippen LogP contribution in [0.5, 0.6) is 28.7 Å². The van der Waals surface area contributed by atoms with Crippen LogP contribution < -0.4 is 30.0 Å². The van der Waals surface area contributed by atoms with Crippen molar-refractivity contribution in [2.24, 2.45) is 5.73 Å². The molecule has 0 aliphatic carbocycles. The van der Waals surface area contributed by atoms with Crippen molar-refractivity contribution in [3.8, 4) is 34.8 Å². The summed E-state index contributed by atoms with van der Waals surface area (Å²) in [5.41, 5.74) is 10.5. The standard InChI is InChI=1S/C31H37N5O7/c1-13-7-17-8-19-21(10-32)36-20(25(35(19)5)23(17)26(38)27(13)40-6)9-18-24(22(36)11-34-31(39)15(3)33)30-29(41-12-42-30)14(2)28(18)43-16(4)37/h7,15,19-22,25,38H,8-9,11-12,33H2,1-6H3,(H,34,39)/t15-,19+,20-,21-,22-,25-/m0/s1. The monoisotopic (exact) mass is 591 g/mol. The van der Waals surface area contributed by atoms with Crippen LogP contribution in [0.1, 0.15) is 59.3 Å². The number of phenolic OH excluding ortho intramolecular Hbond substituents is 1. The number of nitrogens with zero attached hydrogens (tertiary/aromatic N) is 3. The molecule has 12 nitrogen and oxygen atoms in total. The Bertz CT molecular complexity index is 1570. The zero-order chi connectivity index (χ0) is 30.9. The average molecular weight is 592 g/mol. The summed E-state index contributed by atoms with van der Waals surface area (Å²) in [6.45, 7) is 6.79. The molecule has 228 valence electrons. The number of esters is 1. The zero-order valence-corrected chi connectivity index (χ0v) is 25.2. The molecule has 6 rings (SSSR count). The van der Waals surface area contributed by atoms with E-state index in [1.165, 1.54) is 14.0 Å². The van der Waals surface area contributed by atoms with Gasteiger partial charge in [-0.25, -0.2) is 0 Å². The summed E-state index contributed by atoms with van der Waals surface area (Å²) in [4.78, 5) is 29.4. The predicted octanol–water partition coefficient (Wildman–Crippen LogP) is 1.91. The molecule has 2 aromatic carbocycles. The minimum Gasteiger partial charge on any atom is -0.504 e. The highest BCUT2D eigenvalue weighted by molar-refractivity contribution is 5.81. The van der Waals surface area contributed by atoms with E-state index >= 15 is 0 Å². The van der Waals surface area contributed by atoms with Gasteiger partial charge in [-0.15, -0.1) is 0 Å². The lowest BCUT2D eigenvalue weighted by atomic mass is 9.71. The van der Waals surface area contributed by atoms with E-state index in [1.807, 2.05) is 27.0 Å². The number of nitriles is 1. The van der Waals surface area contributed by atoms with Crippen molar-refractivity contribution in [1.82, 2.24) is 15.1 Å². The van der Waals surface area contributed by atoms with E-state index in [0.717, 1.165) is 22.3 Å². The van der Waals surface area contributed by atoms with Gasteiger partial charge in [0, 0.05) is 47.8 Å². The quantitative estimate of drug-likeness (QED) is 0.344. The van der Waals surface area contributed by atoms with Crippen LogP contribution in [0.2, 0.25) is 0 Å². The second-order valence-corrected chi connectivity index (χ2v) is 11.9. The van der Waals surface area contributed by atoms with Gasteiger partial charge in [-0.3, -0.25) is 19.4 Å². The number of carbonyl (C=O) groups excluding carboxylic acids is 2. The number of phenols is 1. The molecule has 2 aromatic rings. The fourth-order valence-electron chi connectivity index (χ4n) is 7.67. The second kappa shape index (κ2) is 10.6. The van der Waals surface area contributed by atoms with Crippen LogP contribution in [0, 0.1) is 25.2 Å². The van der Waals surface area contributed by atoms with Gasteiger partial charge in [0.05, 0.1) is 31.3 Å². The van der Waals surface area contributed by atoms with Crippen molar-refractivity contribution in [1.29, 1.82) is 5.26 Å². The molecule has 4 aliphatic rings. The Morgan fingerprint density at radius 3 is 2.58 bits per heavy atom. The highest BCUT2D eigenvalue weighted by Crippen LogP contribution is 2.58. The van der Waals surface area contributed by atoms with E-state index in [1.54, 1.807) is 6.92 Å². The molecule has 0 unspecified atom stereocenters. The van der Waals surface area contributed by atoms with Crippen molar-refractivity contribution >= 4 is 11.9 Å². The number of hydrogen-bond donors (Lipinski definition) is 3. The number of nitrogens with two attached hydrogens (primary N) is 1. The van der Waals surface area contributed by atoms with Crippen molar-refractivity contribution in [3.63, 3.8) is 0 Å². The Balaban J connectivity index is 1.61. The van der Waals surface area contributed by atoms with E-state index in [9.17, 15) is 20.0 Å². The number of benzene rings is 2. The van der Waals surface area contributed by atoms with Crippen molar-refractivity contribution in [2.75, 3.05) is 27.5 Å². The molecule has 4 aliphatic heterocycles. The molecule has 0 aromatic heterocycles. The Labute approximate surface area is 250 Å². The lowest BCUT2D eigenvalue weighted by Gasteiger charge is -2.60. The number of fused-ring (bicyclic) bond motifs is 9. The number of hydrogen-bond acceptors (Lipinski definition) is 11. The Hall–Kier alpha value is -4.05. The Morgan fingerprint density at radius 1 is 1.21 bits per heavy atom. The fourth-order valence-corrected chi connectivity index (χ4v) is 7.67. The van der Waals surface area contributed by atoms with Crippen LogP contribution in [-0.2, 0) is 22.4 Å². The molecule has 1 saturated heterocycles. The third-order valence-electron chi connectivity index (χ3n) is 9.39. The molecule has 0 saturated carbocycles. The third-order valence-corrected chi connectivity index (χ3v) is 9.39. The van der Waals surface area contributed by atoms with Crippen LogP contribution in [0.15, 0.2) is 6.07 Å². The van der Waals surface area contributed by atoms with Crippen LogP contribution in [0.4, 0.5) is 0 Å². The number of nitrogens with one attached hydrogen (secondary N) is 1. The van der Waals surface area contributed by atoms with Gasteiger partial charge in [-0.05, 0) is 51.8 Å². The normalized spacial score (nSPS) is 26.0. The van der Waals surface area contributed by atoms with Gasteiger partial charge < -0.3 is 35.1 Å². The lowest BCUT2D eigenvalue weighted by Crippen LogP contribution is -2.68. The topological polar surface area (TPSA) is 160 Å². The summed E-state index contributed by atoms with van der Waals surface area (Å²) >= 11 is 0. The van der Waals surface area contributed by atoms with Crippen molar-refractivity contribution in [3.05, 3.63) is 39.4 Å². The van der Waals surface area contributed by atoms with Gasteiger partial charge in [0.2, 0.25) is 12.7 Å². The van der Waals surface area contributed by atoms with E-state index < -0.39 is 24.1 Å². The van der Waals surface area contributed by atoms with Crippen molar-refractivity contribution in [2.45, 2.75) is 76.8 Å². The zero-order valence-electron chi connectivity index (χ0n) is 25.2. The second-order valence-electron chi connectivity index (χ2n) is 11.9. The first-order valence-electron chi connectivity index (χ1n) is 14.4. The molecule has 43 heavy (non-hydrogen) atoms. The molecule has 0 radical (unpaired) electrons. The van der Waals surface area contributed by atoms with E-state index in [2.05, 4.69) is 21.2 Å². The molecule has 12 heteroatoms. The Morgan fingerprint density at radius 2 is 1.93 bits per heavy atom. The highest BCUT2D eigenvalue weighted by atomic mass is 16.7. The van der Waals surface area contributed by atoms with Crippen LogP contribution in [0.25, 0.3) is 0 Å². The number of carbonyl (C=O) groups is 2. The third kappa shape index (κ3) is 4.29. The molecule has 6 atom stereocenters. The van der Waals surface area contributed by atoms with Gasteiger partial charge in [-0.2, -0.15) is 5.26 Å². The minimum absolute atomic E-state index is 0.00939. The van der Waals surface area contributed by atoms with Gasteiger partial charge >= 0.3 is 5.97 Å². The average Bonchev–Trinajstić information content (AvgIpc) is 3.44. The van der Waals surface area contributed by atoms with Crippen LogP contribution in [-0.4, -0.2) is 78.4 Å². The number of methoxy groups -OCH3 is 1. The number of ether oxygens (including phenoxy) is 4. The molecular formula is C31H37N5O7. The number of piperazine rings is 1. The maximum Gasteiger partial charge on any atom is 0.308 e. The maximum absolute atomic E-state index is 12.8. The SMILES string of the molecule is COc1c(C)cc2c(c1O)[C@@H]1[C@@H]3Cc4c(OC(C)=O)c(C)c5c(c4[C@H](CNC(=O)[C@H](C)N)N3[C@@H](C#N)[C@@H](C2)N1C)OCO5.